The van der Waals surface area contributed by atoms with Crippen LogP contribution in [0.3, 0.4) is 0 Å². The zero-order valence-corrected chi connectivity index (χ0v) is 15.6. The van der Waals surface area contributed by atoms with Crippen LogP contribution >= 0.6 is 0 Å². The van der Waals surface area contributed by atoms with Gasteiger partial charge in [0.25, 0.3) is 0 Å². The number of hydrogen-bond donors (Lipinski definition) is 2. The van der Waals surface area contributed by atoms with Crippen LogP contribution in [-0.2, 0) is 7.05 Å². The van der Waals surface area contributed by atoms with E-state index in [2.05, 4.69) is 29.4 Å². The van der Waals surface area contributed by atoms with E-state index in [1.54, 1.807) is 25.2 Å². The molecular formula is C18H28N4O3. The molecule has 7 nitrogen and oxygen atoms in total. The van der Waals surface area contributed by atoms with E-state index in [4.69, 9.17) is 4.42 Å². The van der Waals surface area contributed by atoms with E-state index in [-0.39, 0.29) is 12.1 Å². The molecule has 1 heterocycles. The zero-order valence-electron chi connectivity index (χ0n) is 15.6. The smallest absolute Gasteiger partial charge is 0.408 e. The zero-order chi connectivity index (χ0) is 18.6. The molecule has 0 fully saturated rings. The summed E-state index contributed by atoms with van der Waals surface area (Å²) in [4.78, 5) is 25.9. The van der Waals surface area contributed by atoms with E-state index < -0.39 is 5.76 Å². The second-order valence-corrected chi connectivity index (χ2v) is 6.55. The van der Waals surface area contributed by atoms with Crippen LogP contribution in [0.2, 0.25) is 0 Å². The average Bonchev–Trinajstić information content (AvgIpc) is 2.85. The normalized spacial score (nSPS) is 12.8. The Bertz CT molecular complexity index is 774. The Morgan fingerprint density at radius 2 is 1.96 bits per heavy atom. The van der Waals surface area contributed by atoms with Crippen LogP contribution < -0.4 is 16.4 Å². The minimum atomic E-state index is -0.421. The molecule has 25 heavy (non-hydrogen) atoms. The fraction of sp³-hybridized carbons (Fsp3) is 0.556. The molecule has 2 aromatic rings. The highest BCUT2D eigenvalue weighted by Crippen LogP contribution is 2.18. The summed E-state index contributed by atoms with van der Waals surface area (Å²) in [5, 5.41) is 5.73. The summed E-state index contributed by atoms with van der Waals surface area (Å²) in [7, 11) is 5.72. The number of urea groups is 1. The van der Waals surface area contributed by atoms with Gasteiger partial charge in [0.15, 0.2) is 5.58 Å². The summed E-state index contributed by atoms with van der Waals surface area (Å²) in [5.41, 5.74) is 1.73. The largest absolute Gasteiger partial charge is 0.419 e. The number of amides is 2. The second kappa shape index (κ2) is 8.20. The first-order valence-corrected chi connectivity index (χ1v) is 8.68. The molecule has 0 bridgehead atoms. The van der Waals surface area contributed by atoms with Gasteiger partial charge in [0.05, 0.1) is 5.52 Å². The first-order valence-electron chi connectivity index (χ1n) is 8.68. The van der Waals surface area contributed by atoms with E-state index in [9.17, 15) is 9.59 Å². The maximum absolute atomic E-state index is 12.2. The van der Waals surface area contributed by atoms with Crippen LogP contribution in [-0.4, -0.2) is 42.2 Å². The maximum atomic E-state index is 12.2. The number of fused-ring (bicyclic) bond motifs is 1. The highest BCUT2D eigenvalue weighted by molar-refractivity contribution is 5.91. The van der Waals surface area contributed by atoms with Crippen LogP contribution in [0, 0.1) is 5.92 Å². The van der Waals surface area contributed by atoms with Gasteiger partial charge < -0.3 is 20.0 Å². The molecule has 1 unspecified atom stereocenters. The Labute approximate surface area is 148 Å². The van der Waals surface area contributed by atoms with E-state index in [0.29, 0.717) is 29.2 Å². The highest BCUT2D eigenvalue weighted by Gasteiger charge is 2.21. The lowest BCUT2D eigenvalue weighted by atomic mass is 9.93. The number of aryl methyl sites for hydroxylation is 1. The summed E-state index contributed by atoms with van der Waals surface area (Å²) < 4.78 is 6.57. The van der Waals surface area contributed by atoms with Gasteiger partial charge in [-0.3, -0.25) is 4.57 Å². The van der Waals surface area contributed by atoms with Gasteiger partial charge in [-0.15, -0.1) is 0 Å². The van der Waals surface area contributed by atoms with Gasteiger partial charge in [-0.25, -0.2) is 9.59 Å². The number of oxazole rings is 1. The Hall–Kier alpha value is -2.28. The molecule has 0 aliphatic rings. The molecule has 1 aromatic carbocycles. The maximum Gasteiger partial charge on any atom is 0.419 e. The van der Waals surface area contributed by atoms with Crippen molar-refractivity contribution in [2.75, 3.05) is 26.0 Å². The lowest BCUT2D eigenvalue weighted by Crippen LogP contribution is -2.45. The van der Waals surface area contributed by atoms with Gasteiger partial charge in [0, 0.05) is 31.4 Å². The fourth-order valence-corrected chi connectivity index (χ4v) is 3.19. The third-order valence-corrected chi connectivity index (χ3v) is 4.78. The van der Waals surface area contributed by atoms with Crippen LogP contribution in [0.15, 0.2) is 27.4 Å². The molecule has 0 spiro atoms. The molecule has 0 saturated carbocycles. The number of carbonyl (C=O) groups is 1. The number of likely N-dealkylation sites (N-methyl/N-ethyl adjacent to an activating group) is 1. The third-order valence-electron chi connectivity index (χ3n) is 4.78. The van der Waals surface area contributed by atoms with Gasteiger partial charge >= 0.3 is 11.8 Å². The molecule has 7 heteroatoms. The first kappa shape index (κ1) is 19.1. The minimum absolute atomic E-state index is 0.268. The molecule has 0 radical (unpaired) electrons. The SMILES string of the molecule is CCC(CC)C(CNC(=O)Nc1ccc2c(c1)oc(=O)n2C)N(C)C. The van der Waals surface area contributed by atoms with Gasteiger partial charge in [-0.2, -0.15) is 0 Å². The van der Waals surface area contributed by atoms with Crippen molar-refractivity contribution in [3.8, 4) is 0 Å². The summed E-state index contributed by atoms with van der Waals surface area (Å²) in [5.74, 6) is 0.112. The fourth-order valence-electron chi connectivity index (χ4n) is 3.19. The Morgan fingerprint density at radius 3 is 2.56 bits per heavy atom. The number of carbonyl (C=O) groups excluding carboxylic acids is 1. The van der Waals surface area contributed by atoms with Gasteiger partial charge in [0.2, 0.25) is 0 Å². The number of nitrogens with zero attached hydrogens (tertiary/aromatic N) is 2. The van der Waals surface area contributed by atoms with Crippen LogP contribution in [0.5, 0.6) is 0 Å². The third kappa shape index (κ3) is 4.42. The lowest BCUT2D eigenvalue weighted by Gasteiger charge is -2.31. The Balaban J connectivity index is 2.01. The van der Waals surface area contributed by atoms with E-state index in [0.717, 1.165) is 12.8 Å². The molecule has 0 aliphatic carbocycles. The molecule has 0 saturated heterocycles. The quantitative estimate of drug-likeness (QED) is 0.806. The highest BCUT2D eigenvalue weighted by atomic mass is 16.4. The van der Waals surface area contributed by atoms with Crippen molar-refractivity contribution < 1.29 is 9.21 Å². The number of nitrogens with one attached hydrogen (secondary N) is 2. The van der Waals surface area contributed by atoms with E-state index in [1.165, 1.54) is 4.57 Å². The molecule has 0 aliphatic heterocycles. The van der Waals surface area contributed by atoms with Crippen molar-refractivity contribution >= 4 is 22.8 Å². The summed E-state index contributed by atoms with van der Waals surface area (Å²) in [6.07, 6.45) is 2.15. The van der Waals surface area contributed by atoms with Gasteiger partial charge in [0.1, 0.15) is 0 Å². The van der Waals surface area contributed by atoms with Crippen molar-refractivity contribution in [3.63, 3.8) is 0 Å². The summed E-state index contributed by atoms with van der Waals surface area (Å²) in [6, 6.07) is 5.18. The Kier molecular flexibility index (Phi) is 6.25. The van der Waals surface area contributed by atoms with Crippen molar-refractivity contribution in [1.82, 2.24) is 14.8 Å². The van der Waals surface area contributed by atoms with Crippen LogP contribution in [0.1, 0.15) is 26.7 Å². The number of aromatic nitrogens is 1. The number of benzene rings is 1. The predicted octanol–water partition coefficient (Wildman–Crippen LogP) is 2.62. The van der Waals surface area contributed by atoms with E-state index >= 15 is 0 Å². The molecule has 138 valence electrons. The van der Waals surface area contributed by atoms with E-state index in [1.807, 2.05) is 14.1 Å². The number of hydrogen-bond acceptors (Lipinski definition) is 4. The molecule has 1 aromatic heterocycles. The predicted molar refractivity (Wildman–Crippen MR) is 100 cm³/mol. The van der Waals surface area contributed by atoms with Crippen molar-refractivity contribution in [3.05, 3.63) is 28.7 Å². The van der Waals surface area contributed by atoms with Gasteiger partial charge in [-0.1, -0.05) is 26.7 Å². The Morgan fingerprint density at radius 1 is 1.28 bits per heavy atom. The molecule has 2 rings (SSSR count). The molecule has 2 amide bonds. The van der Waals surface area contributed by atoms with Crippen LogP contribution in [0.4, 0.5) is 10.5 Å². The standard InChI is InChI=1S/C18H28N4O3/c1-6-12(7-2)15(21(3)4)11-19-17(23)20-13-8-9-14-16(10-13)25-18(24)22(14)5/h8-10,12,15H,6-7,11H2,1-5H3,(H2,19,20,23). The first-order chi connectivity index (χ1) is 11.9. The number of rotatable bonds is 7. The monoisotopic (exact) mass is 348 g/mol. The summed E-state index contributed by atoms with van der Waals surface area (Å²) >= 11 is 0. The minimum Gasteiger partial charge on any atom is -0.408 e. The number of anilines is 1. The van der Waals surface area contributed by atoms with Crippen molar-refractivity contribution in [2.24, 2.45) is 13.0 Å². The second-order valence-electron chi connectivity index (χ2n) is 6.55. The topological polar surface area (TPSA) is 79.5 Å². The molecule has 2 N–H and O–H groups in total. The van der Waals surface area contributed by atoms with Gasteiger partial charge in [-0.05, 0) is 32.1 Å². The summed E-state index contributed by atoms with van der Waals surface area (Å²) in [6.45, 7) is 4.93. The average molecular weight is 348 g/mol. The molecular weight excluding hydrogens is 320 g/mol. The van der Waals surface area contributed by atoms with Crippen molar-refractivity contribution in [1.29, 1.82) is 0 Å². The lowest BCUT2D eigenvalue weighted by molar-refractivity contribution is 0.193. The molecule has 1 atom stereocenters. The van der Waals surface area contributed by atoms with Crippen molar-refractivity contribution in [2.45, 2.75) is 32.7 Å². The van der Waals surface area contributed by atoms with Crippen LogP contribution in [0.25, 0.3) is 11.1 Å².